The molecular formula is C24H24N4O4. The van der Waals surface area contributed by atoms with E-state index in [4.69, 9.17) is 9.26 Å². The Balaban J connectivity index is 1.61. The number of rotatable bonds is 6. The number of para-hydroxylation sites is 2. The predicted octanol–water partition coefficient (Wildman–Crippen LogP) is 3.92. The highest BCUT2D eigenvalue weighted by Crippen LogP contribution is 2.23. The van der Waals surface area contributed by atoms with E-state index in [-0.39, 0.29) is 17.9 Å². The van der Waals surface area contributed by atoms with Crippen LogP contribution in [0.15, 0.2) is 63.9 Å². The van der Waals surface area contributed by atoms with Crippen molar-refractivity contribution in [2.24, 2.45) is 7.05 Å². The number of anilines is 1. The molecular weight excluding hydrogens is 408 g/mol. The van der Waals surface area contributed by atoms with E-state index in [2.05, 4.69) is 10.5 Å². The summed E-state index contributed by atoms with van der Waals surface area (Å²) >= 11 is 0. The monoisotopic (exact) mass is 432 g/mol. The Morgan fingerprint density at radius 1 is 1.06 bits per heavy atom. The zero-order valence-corrected chi connectivity index (χ0v) is 18.4. The number of carbonyl (C=O) groups excluding carboxylic acids is 1. The molecule has 0 aliphatic rings. The first kappa shape index (κ1) is 21.2. The fourth-order valence-corrected chi connectivity index (χ4v) is 3.53. The number of nitrogens with zero attached hydrogens (tertiary/aromatic N) is 3. The van der Waals surface area contributed by atoms with Crippen LogP contribution in [0.1, 0.15) is 33.1 Å². The maximum atomic E-state index is 13.1. The highest BCUT2D eigenvalue weighted by molar-refractivity contribution is 6.06. The van der Waals surface area contributed by atoms with Crippen LogP contribution in [0.25, 0.3) is 5.69 Å². The van der Waals surface area contributed by atoms with Crippen LogP contribution in [0.3, 0.4) is 0 Å². The molecule has 4 aromatic rings. The first-order chi connectivity index (χ1) is 15.4. The first-order valence-corrected chi connectivity index (χ1v) is 10.2. The number of aromatic nitrogens is 3. The van der Waals surface area contributed by atoms with Gasteiger partial charge in [0.15, 0.2) is 0 Å². The third-order valence-electron chi connectivity index (χ3n) is 5.48. The van der Waals surface area contributed by atoms with Crippen molar-refractivity contribution in [3.8, 4) is 11.4 Å². The van der Waals surface area contributed by atoms with Gasteiger partial charge in [-0.15, -0.1) is 0 Å². The molecule has 0 saturated carbocycles. The largest absolute Gasteiger partial charge is 0.488 e. The molecule has 8 nitrogen and oxygen atoms in total. The summed E-state index contributed by atoms with van der Waals surface area (Å²) in [6, 6.07) is 16.2. The summed E-state index contributed by atoms with van der Waals surface area (Å²) in [5.41, 5.74) is 3.18. The van der Waals surface area contributed by atoms with Gasteiger partial charge >= 0.3 is 0 Å². The molecule has 0 spiro atoms. The standard InChI is InChI=1S/C24H24N4O4/c1-15-20(17(3)32-26-15)14-31-21-13-9-8-12-19(21)23(29)25-22-16(2)27(4)28(24(22)30)18-10-6-5-7-11-18/h5-13H,14H2,1-4H3,(H,25,29). The third kappa shape index (κ3) is 3.82. The highest BCUT2D eigenvalue weighted by atomic mass is 16.5. The molecule has 32 heavy (non-hydrogen) atoms. The van der Waals surface area contributed by atoms with Crippen LogP contribution >= 0.6 is 0 Å². The van der Waals surface area contributed by atoms with Crippen LogP contribution in [0.2, 0.25) is 0 Å². The van der Waals surface area contributed by atoms with Gasteiger partial charge in [0.05, 0.1) is 28.2 Å². The Kier molecular flexibility index (Phi) is 5.68. The second-order valence-corrected chi connectivity index (χ2v) is 7.48. The van der Waals surface area contributed by atoms with E-state index in [9.17, 15) is 9.59 Å². The summed E-state index contributed by atoms with van der Waals surface area (Å²) in [5.74, 6) is 0.651. The quantitative estimate of drug-likeness (QED) is 0.499. The summed E-state index contributed by atoms with van der Waals surface area (Å²) in [6.45, 7) is 5.66. The minimum absolute atomic E-state index is 0.219. The van der Waals surface area contributed by atoms with Crippen molar-refractivity contribution in [1.29, 1.82) is 0 Å². The van der Waals surface area contributed by atoms with Gasteiger partial charge in [-0.1, -0.05) is 35.5 Å². The van der Waals surface area contributed by atoms with Crippen LogP contribution in [0, 0.1) is 20.8 Å². The van der Waals surface area contributed by atoms with E-state index in [1.165, 1.54) is 4.68 Å². The molecule has 0 saturated heterocycles. The van der Waals surface area contributed by atoms with E-state index in [1.807, 2.05) is 44.2 Å². The van der Waals surface area contributed by atoms with Crippen LogP contribution in [0.4, 0.5) is 5.69 Å². The maximum absolute atomic E-state index is 13.1. The topological polar surface area (TPSA) is 91.3 Å². The van der Waals surface area contributed by atoms with Crippen molar-refractivity contribution < 1.29 is 14.1 Å². The second-order valence-electron chi connectivity index (χ2n) is 7.48. The minimum atomic E-state index is -0.426. The smallest absolute Gasteiger partial charge is 0.295 e. The lowest BCUT2D eigenvalue weighted by Gasteiger charge is -2.11. The van der Waals surface area contributed by atoms with Crippen LogP contribution in [0.5, 0.6) is 5.75 Å². The third-order valence-corrected chi connectivity index (χ3v) is 5.48. The summed E-state index contributed by atoms with van der Waals surface area (Å²) in [4.78, 5) is 26.2. The molecule has 2 aromatic carbocycles. The zero-order valence-electron chi connectivity index (χ0n) is 18.4. The normalized spacial score (nSPS) is 10.9. The minimum Gasteiger partial charge on any atom is -0.488 e. The lowest BCUT2D eigenvalue weighted by atomic mass is 10.1. The van der Waals surface area contributed by atoms with Gasteiger partial charge in [0, 0.05) is 7.05 Å². The summed E-state index contributed by atoms with van der Waals surface area (Å²) in [7, 11) is 1.78. The lowest BCUT2D eigenvalue weighted by Crippen LogP contribution is -2.23. The molecule has 0 fully saturated rings. The molecule has 0 atom stereocenters. The molecule has 8 heteroatoms. The molecule has 1 N–H and O–H groups in total. The van der Waals surface area contributed by atoms with Crippen molar-refractivity contribution in [2.75, 3.05) is 5.32 Å². The van der Waals surface area contributed by atoms with Crippen molar-refractivity contribution in [1.82, 2.24) is 14.5 Å². The van der Waals surface area contributed by atoms with Gasteiger partial charge in [0.2, 0.25) is 0 Å². The van der Waals surface area contributed by atoms with Crippen molar-refractivity contribution in [3.63, 3.8) is 0 Å². The molecule has 0 unspecified atom stereocenters. The molecule has 2 aromatic heterocycles. The van der Waals surface area contributed by atoms with Gasteiger partial charge < -0.3 is 14.6 Å². The van der Waals surface area contributed by atoms with E-state index in [1.54, 1.807) is 42.9 Å². The Morgan fingerprint density at radius 3 is 2.44 bits per heavy atom. The van der Waals surface area contributed by atoms with Crippen molar-refractivity contribution >= 4 is 11.6 Å². The fourth-order valence-electron chi connectivity index (χ4n) is 3.53. The highest BCUT2D eigenvalue weighted by Gasteiger charge is 2.21. The zero-order chi connectivity index (χ0) is 22.8. The van der Waals surface area contributed by atoms with Crippen LogP contribution < -0.4 is 15.6 Å². The maximum Gasteiger partial charge on any atom is 0.295 e. The van der Waals surface area contributed by atoms with E-state index >= 15 is 0 Å². The Hall–Kier alpha value is -4.07. The number of benzene rings is 2. The Labute approximate surface area is 185 Å². The van der Waals surface area contributed by atoms with Gasteiger partial charge in [-0.25, -0.2) is 4.68 Å². The number of aryl methyl sites for hydroxylation is 2. The molecule has 2 heterocycles. The Bertz CT molecular complexity index is 1310. The van der Waals surface area contributed by atoms with E-state index < -0.39 is 5.91 Å². The fraction of sp³-hybridized carbons (Fsp3) is 0.208. The number of amides is 1. The van der Waals surface area contributed by atoms with Gasteiger partial charge in [-0.05, 0) is 45.0 Å². The molecule has 0 bridgehead atoms. The molecule has 4 rings (SSSR count). The second kappa shape index (κ2) is 8.58. The van der Waals surface area contributed by atoms with Crippen molar-refractivity contribution in [2.45, 2.75) is 27.4 Å². The van der Waals surface area contributed by atoms with Crippen LogP contribution in [-0.2, 0) is 13.7 Å². The number of hydrogen-bond acceptors (Lipinski definition) is 5. The molecule has 0 radical (unpaired) electrons. The van der Waals surface area contributed by atoms with Gasteiger partial charge in [-0.2, -0.15) is 0 Å². The predicted molar refractivity (Wildman–Crippen MR) is 120 cm³/mol. The molecule has 164 valence electrons. The van der Waals surface area contributed by atoms with Gasteiger partial charge in [0.1, 0.15) is 23.8 Å². The lowest BCUT2D eigenvalue weighted by molar-refractivity contribution is 0.102. The van der Waals surface area contributed by atoms with Crippen molar-refractivity contribution in [3.05, 3.63) is 93.2 Å². The molecule has 0 aliphatic heterocycles. The number of carbonyl (C=O) groups is 1. The van der Waals surface area contributed by atoms with E-state index in [0.29, 0.717) is 28.5 Å². The average Bonchev–Trinajstić information content (AvgIpc) is 3.23. The first-order valence-electron chi connectivity index (χ1n) is 10.2. The molecule has 0 aliphatic carbocycles. The SMILES string of the molecule is Cc1noc(C)c1COc1ccccc1C(=O)Nc1c(C)n(C)n(-c2ccccc2)c1=O. The summed E-state index contributed by atoms with van der Waals surface area (Å²) in [5, 5.41) is 6.70. The number of ether oxygens (including phenoxy) is 1. The van der Waals surface area contributed by atoms with Gasteiger partial charge in [-0.3, -0.25) is 14.3 Å². The Morgan fingerprint density at radius 2 is 1.75 bits per heavy atom. The molecule has 1 amide bonds. The van der Waals surface area contributed by atoms with Crippen LogP contribution in [-0.4, -0.2) is 20.4 Å². The summed E-state index contributed by atoms with van der Waals surface area (Å²) in [6.07, 6.45) is 0. The number of hydrogen-bond donors (Lipinski definition) is 1. The van der Waals surface area contributed by atoms with E-state index in [0.717, 1.165) is 11.3 Å². The summed E-state index contributed by atoms with van der Waals surface area (Å²) < 4.78 is 14.3. The average molecular weight is 432 g/mol. The number of nitrogens with one attached hydrogen (secondary N) is 1. The van der Waals surface area contributed by atoms with Gasteiger partial charge in [0.25, 0.3) is 11.5 Å².